The van der Waals surface area contributed by atoms with E-state index < -0.39 is 16.5 Å². The van der Waals surface area contributed by atoms with Crippen molar-refractivity contribution in [1.82, 2.24) is 10.5 Å². The fourth-order valence-electron chi connectivity index (χ4n) is 1.44. The highest BCUT2D eigenvalue weighted by Crippen LogP contribution is 2.33. The fourth-order valence-corrected chi connectivity index (χ4v) is 1.83. The maximum Gasteiger partial charge on any atom is 0.290 e. The topological polar surface area (TPSA) is 98.3 Å². The van der Waals surface area contributed by atoms with Crippen LogP contribution in [0.4, 0.5) is 5.69 Å². The molecule has 0 atom stereocenters. The molecule has 1 heterocycles. The lowest BCUT2D eigenvalue weighted by Crippen LogP contribution is -2.23. The predicted octanol–water partition coefficient (Wildman–Crippen LogP) is 2.82. The van der Waals surface area contributed by atoms with Crippen LogP contribution in [0.2, 0.25) is 10.0 Å². The van der Waals surface area contributed by atoms with Gasteiger partial charge in [0.15, 0.2) is 0 Å². The molecule has 7 nitrogen and oxygen atoms in total. The molecule has 0 aliphatic heterocycles. The summed E-state index contributed by atoms with van der Waals surface area (Å²) in [6.07, 6.45) is 1.37. The number of rotatable bonds is 4. The third-order valence-corrected chi connectivity index (χ3v) is 3.18. The lowest BCUT2D eigenvalue weighted by molar-refractivity contribution is -0.384. The highest BCUT2D eigenvalue weighted by atomic mass is 35.5. The smallest absolute Gasteiger partial charge is 0.290 e. The Balaban J connectivity index is 2.19. The van der Waals surface area contributed by atoms with Gasteiger partial charge in [0.05, 0.1) is 16.5 Å². The largest absolute Gasteiger partial charge is 0.364 e. The van der Waals surface area contributed by atoms with Crippen molar-refractivity contribution < 1.29 is 14.2 Å². The molecular formula is C11H7Cl2N3O4. The summed E-state index contributed by atoms with van der Waals surface area (Å²) in [5.41, 5.74) is 0.133. The van der Waals surface area contributed by atoms with Gasteiger partial charge in [-0.3, -0.25) is 14.9 Å². The molecule has 0 saturated carbocycles. The highest BCUT2D eigenvalue weighted by Gasteiger charge is 2.20. The van der Waals surface area contributed by atoms with E-state index in [9.17, 15) is 14.9 Å². The molecule has 2 aromatic rings. The molecule has 1 N–H and O–H groups in total. The van der Waals surface area contributed by atoms with Crippen LogP contribution in [0.5, 0.6) is 0 Å². The summed E-state index contributed by atoms with van der Waals surface area (Å²) < 4.78 is 4.61. The Hall–Kier alpha value is -2.12. The van der Waals surface area contributed by atoms with Crippen molar-refractivity contribution in [2.75, 3.05) is 0 Å². The molecule has 0 radical (unpaired) electrons. The normalized spacial score (nSPS) is 10.3. The average molecular weight is 316 g/mol. The van der Waals surface area contributed by atoms with Gasteiger partial charge in [-0.05, 0) is 6.07 Å². The molecule has 1 aromatic carbocycles. The summed E-state index contributed by atoms with van der Waals surface area (Å²) in [4.78, 5) is 22.0. The number of nitro benzene ring substituents is 1. The quantitative estimate of drug-likeness (QED) is 0.691. The molecule has 1 amide bonds. The SMILES string of the molecule is O=C(NCc1ccon1)c1cc(Cl)c(Cl)c([N+](=O)[O-])c1. The van der Waals surface area contributed by atoms with Crippen LogP contribution in [0.25, 0.3) is 0 Å². The number of carbonyl (C=O) groups is 1. The Bertz CT molecular complexity index is 658. The second kappa shape index (κ2) is 5.89. The van der Waals surface area contributed by atoms with E-state index in [-0.39, 0.29) is 22.2 Å². The van der Waals surface area contributed by atoms with Crippen LogP contribution in [0, 0.1) is 10.1 Å². The van der Waals surface area contributed by atoms with Crippen molar-refractivity contribution in [3.05, 3.63) is 55.9 Å². The zero-order chi connectivity index (χ0) is 14.7. The van der Waals surface area contributed by atoms with Gasteiger partial charge in [-0.15, -0.1) is 0 Å². The highest BCUT2D eigenvalue weighted by molar-refractivity contribution is 6.43. The molecule has 0 unspecified atom stereocenters. The number of benzene rings is 1. The third kappa shape index (κ3) is 3.06. The maximum absolute atomic E-state index is 11.9. The van der Waals surface area contributed by atoms with Gasteiger partial charge in [0.25, 0.3) is 11.6 Å². The second-order valence-electron chi connectivity index (χ2n) is 3.72. The molecule has 0 aliphatic carbocycles. The zero-order valence-corrected chi connectivity index (χ0v) is 11.3. The van der Waals surface area contributed by atoms with E-state index in [0.29, 0.717) is 5.69 Å². The Kier molecular flexibility index (Phi) is 4.21. The number of nitro groups is 1. The van der Waals surface area contributed by atoms with E-state index in [0.717, 1.165) is 6.07 Å². The maximum atomic E-state index is 11.9. The summed E-state index contributed by atoms with van der Waals surface area (Å²) >= 11 is 11.5. The van der Waals surface area contributed by atoms with Gasteiger partial charge in [0.2, 0.25) is 0 Å². The molecule has 104 valence electrons. The number of aromatic nitrogens is 1. The van der Waals surface area contributed by atoms with Crippen LogP contribution in [-0.4, -0.2) is 16.0 Å². The second-order valence-corrected chi connectivity index (χ2v) is 4.51. The van der Waals surface area contributed by atoms with E-state index in [2.05, 4.69) is 15.0 Å². The number of nitrogens with zero attached hydrogens (tertiary/aromatic N) is 2. The van der Waals surface area contributed by atoms with Crippen molar-refractivity contribution in [2.24, 2.45) is 0 Å². The molecule has 9 heteroatoms. The lowest BCUT2D eigenvalue weighted by Gasteiger charge is -2.05. The molecule has 1 aromatic heterocycles. The summed E-state index contributed by atoms with van der Waals surface area (Å²) in [5.74, 6) is -0.533. The molecule has 20 heavy (non-hydrogen) atoms. The summed E-state index contributed by atoms with van der Waals surface area (Å²) in [6, 6.07) is 3.90. The van der Waals surface area contributed by atoms with Crippen LogP contribution in [0.1, 0.15) is 16.1 Å². The lowest BCUT2D eigenvalue weighted by atomic mass is 10.2. The van der Waals surface area contributed by atoms with Gasteiger partial charge < -0.3 is 9.84 Å². The molecule has 0 aliphatic rings. The van der Waals surface area contributed by atoms with Gasteiger partial charge in [0, 0.05) is 17.7 Å². The molecular weight excluding hydrogens is 309 g/mol. The first-order chi connectivity index (χ1) is 9.49. The van der Waals surface area contributed by atoms with Crippen molar-refractivity contribution in [3.8, 4) is 0 Å². The van der Waals surface area contributed by atoms with Crippen molar-refractivity contribution in [1.29, 1.82) is 0 Å². The monoisotopic (exact) mass is 315 g/mol. The summed E-state index contributed by atoms with van der Waals surface area (Å²) in [6.45, 7) is 0.128. The minimum Gasteiger partial charge on any atom is -0.364 e. The van der Waals surface area contributed by atoms with Gasteiger partial charge in [-0.1, -0.05) is 28.4 Å². The number of nitrogens with one attached hydrogen (secondary N) is 1. The van der Waals surface area contributed by atoms with Gasteiger partial charge in [-0.2, -0.15) is 0 Å². The standard InChI is InChI=1S/C11H7Cl2N3O4/c12-8-3-6(4-9(10(8)13)16(18)19)11(17)14-5-7-1-2-20-15-7/h1-4H,5H2,(H,14,17). The van der Waals surface area contributed by atoms with E-state index >= 15 is 0 Å². The average Bonchev–Trinajstić information content (AvgIpc) is 2.91. The third-order valence-electron chi connectivity index (χ3n) is 2.39. The summed E-state index contributed by atoms with van der Waals surface area (Å²) in [5, 5.41) is 16.7. The summed E-state index contributed by atoms with van der Waals surface area (Å²) in [7, 11) is 0. The first kappa shape index (κ1) is 14.3. The van der Waals surface area contributed by atoms with Crippen LogP contribution in [0.15, 0.2) is 29.0 Å². The zero-order valence-electron chi connectivity index (χ0n) is 9.80. The van der Waals surface area contributed by atoms with E-state index in [1.165, 1.54) is 12.3 Å². The van der Waals surface area contributed by atoms with Crippen LogP contribution < -0.4 is 5.32 Å². The van der Waals surface area contributed by atoms with E-state index in [4.69, 9.17) is 23.2 Å². The minimum absolute atomic E-state index is 0.0367. The Morgan fingerprint density at radius 2 is 2.20 bits per heavy atom. The minimum atomic E-state index is -0.706. The van der Waals surface area contributed by atoms with Crippen molar-refractivity contribution in [2.45, 2.75) is 6.54 Å². The Morgan fingerprint density at radius 3 is 2.80 bits per heavy atom. The molecule has 2 rings (SSSR count). The number of amides is 1. The van der Waals surface area contributed by atoms with Crippen LogP contribution in [0.3, 0.4) is 0 Å². The number of carbonyl (C=O) groups excluding carboxylic acids is 1. The number of hydrogen-bond acceptors (Lipinski definition) is 5. The first-order valence-electron chi connectivity index (χ1n) is 5.30. The van der Waals surface area contributed by atoms with Crippen molar-refractivity contribution in [3.63, 3.8) is 0 Å². The van der Waals surface area contributed by atoms with E-state index in [1.807, 2.05) is 0 Å². The fraction of sp³-hybridized carbons (Fsp3) is 0.0909. The number of halogens is 2. The molecule has 0 bridgehead atoms. The predicted molar refractivity (Wildman–Crippen MR) is 70.8 cm³/mol. The van der Waals surface area contributed by atoms with Crippen LogP contribution in [-0.2, 0) is 6.54 Å². The molecule has 0 fully saturated rings. The molecule has 0 saturated heterocycles. The Labute approximate surface area is 122 Å². The van der Waals surface area contributed by atoms with Gasteiger partial charge in [0.1, 0.15) is 17.0 Å². The van der Waals surface area contributed by atoms with Crippen molar-refractivity contribution >= 4 is 34.8 Å². The van der Waals surface area contributed by atoms with Gasteiger partial charge >= 0.3 is 0 Å². The van der Waals surface area contributed by atoms with Crippen LogP contribution >= 0.6 is 23.2 Å². The van der Waals surface area contributed by atoms with E-state index in [1.54, 1.807) is 6.07 Å². The number of hydrogen-bond donors (Lipinski definition) is 1. The van der Waals surface area contributed by atoms with Gasteiger partial charge in [-0.25, -0.2) is 0 Å². The molecule has 0 spiro atoms. The first-order valence-corrected chi connectivity index (χ1v) is 6.05. The Morgan fingerprint density at radius 1 is 1.45 bits per heavy atom.